The molecule has 1 heterocycles. The predicted molar refractivity (Wildman–Crippen MR) is 96.7 cm³/mol. The predicted octanol–water partition coefficient (Wildman–Crippen LogP) is 3.10. The third-order valence-electron chi connectivity index (χ3n) is 4.98. The highest BCUT2D eigenvalue weighted by molar-refractivity contribution is 7.10. The third-order valence-corrected chi connectivity index (χ3v) is 5.95. The molecule has 0 saturated heterocycles. The topological polar surface area (TPSA) is 39.7 Å². The molecular weight excluding hydrogens is 292 g/mol. The van der Waals surface area contributed by atoms with Crippen molar-refractivity contribution < 1.29 is 0 Å². The number of guanidine groups is 1. The molecule has 0 radical (unpaired) electrons. The van der Waals surface area contributed by atoms with E-state index >= 15 is 0 Å². The molecule has 1 fully saturated rings. The van der Waals surface area contributed by atoms with Crippen LogP contribution in [-0.4, -0.2) is 45.1 Å². The van der Waals surface area contributed by atoms with Gasteiger partial charge >= 0.3 is 0 Å². The molecule has 1 aliphatic rings. The van der Waals surface area contributed by atoms with Gasteiger partial charge in [-0.25, -0.2) is 0 Å². The highest BCUT2D eigenvalue weighted by Gasteiger charge is 2.34. The van der Waals surface area contributed by atoms with Crippen molar-refractivity contribution in [2.45, 2.75) is 38.6 Å². The van der Waals surface area contributed by atoms with E-state index in [-0.39, 0.29) is 0 Å². The van der Waals surface area contributed by atoms with E-state index in [1.807, 2.05) is 18.4 Å². The highest BCUT2D eigenvalue weighted by Crippen LogP contribution is 2.42. The summed E-state index contributed by atoms with van der Waals surface area (Å²) in [6, 6.07) is 4.70. The van der Waals surface area contributed by atoms with Crippen molar-refractivity contribution in [1.82, 2.24) is 15.5 Å². The van der Waals surface area contributed by atoms with Gasteiger partial charge in [0.05, 0.1) is 6.04 Å². The van der Waals surface area contributed by atoms with Crippen molar-refractivity contribution in [3.05, 3.63) is 22.4 Å². The monoisotopic (exact) mass is 322 g/mol. The van der Waals surface area contributed by atoms with E-state index in [1.165, 1.54) is 30.6 Å². The van der Waals surface area contributed by atoms with E-state index in [0.29, 0.717) is 11.5 Å². The largest absolute Gasteiger partial charge is 0.356 e. The van der Waals surface area contributed by atoms with Gasteiger partial charge in [0.2, 0.25) is 0 Å². The molecule has 1 aromatic rings. The molecule has 0 bridgehead atoms. The first-order valence-electron chi connectivity index (χ1n) is 8.24. The molecule has 0 spiro atoms. The zero-order chi connectivity index (χ0) is 16.0. The van der Waals surface area contributed by atoms with Crippen molar-refractivity contribution in [3.8, 4) is 0 Å². The molecule has 22 heavy (non-hydrogen) atoms. The smallest absolute Gasteiger partial charge is 0.191 e. The highest BCUT2D eigenvalue weighted by atomic mass is 32.1. The maximum atomic E-state index is 4.38. The Morgan fingerprint density at radius 3 is 2.64 bits per heavy atom. The summed E-state index contributed by atoms with van der Waals surface area (Å²) in [7, 11) is 6.11. The first kappa shape index (κ1) is 17.3. The maximum absolute atomic E-state index is 4.38. The average molecular weight is 323 g/mol. The van der Waals surface area contributed by atoms with Crippen LogP contribution in [-0.2, 0) is 0 Å². The van der Waals surface area contributed by atoms with Crippen LogP contribution in [0.25, 0.3) is 0 Å². The lowest BCUT2D eigenvalue weighted by atomic mass is 9.67. The van der Waals surface area contributed by atoms with E-state index in [9.17, 15) is 0 Å². The number of likely N-dealkylation sites (N-methyl/N-ethyl adjacent to an activating group) is 1. The minimum absolute atomic E-state index is 0.377. The molecule has 1 aliphatic carbocycles. The van der Waals surface area contributed by atoms with Crippen molar-refractivity contribution in [2.75, 3.05) is 34.2 Å². The zero-order valence-corrected chi connectivity index (χ0v) is 15.2. The molecule has 5 heteroatoms. The van der Waals surface area contributed by atoms with E-state index in [0.717, 1.165) is 19.0 Å². The Bertz CT molecular complexity index is 458. The number of hydrogen-bond acceptors (Lipinski definition) is 3. The molecule has 2 N–H and O–H groups in total. The van der Waals surface area contributed by atoms with Crippen molar-refractivity contribution in [1.29, 1.82) is 0 Å². The first-order valence-corrected chi connectivity index (χ1v) is 9.12. The summed E-state index contributed by atoms with van der Waals surface area (Å²) in [4.78, 5) is 8.02. The average Bonchev–Trinajstić information content (AvgIpc) is 2.98. The third kappa shape index (κ3) is 4.23. The molecule has 4 nitrogen and oxygen atoms in total. The van der Waals surface area contributed by atoms with Crippen molar-refractivity contribution in [2.24, 2.45) is 10.4 Å². The van der Waals surface area contributed by atoms with E-state index in [4.69, 9.17) is 0 Å². The van der Waals surface area contributed by atoms with E-state index < -0.39 is 0 Å². The van der Waals surface area contributed by atoms with Crippen LogP contribution in [0.5, 0.6) is 0 Å². The number of nitrogens with zero attached hydrogens (tertiary/aromatic N) is 2. The van der Waals surface area contributed by atoms with Crippen LogP contribution in [0.3, 0.4) is 0 Å². The van der Waals surface area contributed by atoms with Crippen LogP contribution in [0.15, 0.2) is 22.5 Å². The summed E-state index contributed by atoms with van der Waals surface area (Å²) >= 11 is 1.81. The SMILES string of the molecule is CCC1(CNC(=NC)NCC(c2cccs2)N(C)C)CCC1. The van der Waals surface area contributed by atoms with Gasteiger partial charge in [-0.3, -0.25) is 4.99 Å². The minimum atomic E-state index is 0.377. The molecule has 0 aromatic carbocycles. The molecular formula is C17H30N4S. The Kier molecular flexibility index (Phi) is 6.26. The van der Waals surface area contributed by atoms with Gasteiger partial charge in [-0.15, -0.1) is 11.3 Å². The van der Waals surface area contributed by atoms with Crippen LogP contribution in [0, 0.1) is 5.41 Å². The molecule has 0 amide bonds. The molecule has 124 valence electrons. The molecule has 1 atom stereocenters. The summed E-state index contributed by atoms with van der Waals surface area (Å²) in [6.45, 7) is 4.21. The standard InChI is InChI=1S/C17H30N4S/c1-5-17(9-7-10-17)13-20-16(18-2)19-12-14(21(3)4)15-8-6-11-22-15/h6,8,11,14H,5,7,9-10,12-13H2,1-4H3,(H2,18,19,20). The van der Waals surface area contributed by atoms with Crippen LogP contribution >= 0.6 is 11.3 Å². The van der Waals surface area contributed by atoms with Crippen molar-refractivity contribution >= 4 is 17.3 Å². The molecule has 1 aromatic heterocycles. The Labute approximate surface area is 139 Å². The maximum Gasteiger partial charge on any atom is 0.191 e. The van der Waals surface area contributed by atoms with E-state index in [2.05, 4.69) is 59.1 Å². The zero-order valence-electron chi connectivity index (χ0n) is 14.4. The Morgan fingerprint density at radius 1 is 1.41 bits per heavy atom. The fourth-order valence-corrected chi connectivity index (χ4v) is 3.96. The first-order chi connectivity index (χ1) is 10.6. The van der Waals surface area contributed by atoms with Crippen molar-refractivity contribution in [3.63, 3.8) is 0 Å². The minimum Gasteiger partial charge on any atom is -0.356 e. The summed E-state index contributed by atoms with van der Waals surface area (Å²) in [5, 5.41) is 9.15. The lowest BCUT2D eigenvalue weighted by Crippen LogP contribution is -2.47. The summed E-state index contributed by atoms with van der Waals surface area (Å²) < 4.78 is 0. The van der Waals surface area contributed by atoms with Crippen LogP contribution in [0.2, 0.25) is 0 Å². The van der Waals surface area contributed by atoms with Gasteiger partial charge in [-0.2, -0.15) is 0 Å². The van der Waals surface area contributed by atoms with Gasteiger partial charge in [0, 0.05) is 25.0 Å². The summed E-state index contributed by atoms with van der Waals surface area (Å²) in [5.41, 5.74) is 0.506. The fourth-order valence-electron chi connectivity index (χ4n) is 3.04. The van der Waals surface area contributed by atoms with Gasteiger partial charge in [-0.05, 0) is 50.2 Å². The number of thiophene rings is 1. The van der Waals surface area contributed by atoms with E-state index in [1.54, 1.807) is 0 Å². The van der Waals surface area contributed by atoms with Gasteiger partial charge in [0.15, 0.2) is 5.96 Å². The summed E-state index contributed by atoms with van der Waals surface area (Å²) in [6.07, 6.45) is 5.33. The second-order valence-corrected chi connectivity index (χ2v) is 7.49. The molecule has 1 unspecified atom stereocenters. The Hall–Kier alpha value is -1.07. The molecule has 2 rings (SSSR count). The van der Waals surface area contributed by atoms with Gasteiger partial charge in [-0.1, -0.05) is 19.4 Å². The van der Waals surface area contributed by atoms with Gasteiger partial charge in [0.25, 0.3) is 0 Å². The normalized spacial score (nSPS) is 18.9. The van der Waals surface area contributed by atoms with Crippen LogP contribution < -0.4 is 10.6 Å². The second kappa shape index (κ2) is 7.97. The van der Waals surface area contributed by atoms with Gasteiger partial charge in [0.1, 0.15) is 0 Å². The number of hydrogen-bond donors (Lipinski definition) is 2. The Morgan fingerprint density at radius 2 is 2.18 bits per heavy atom. The fraction of sp³-hybridized carbons (Fsp3) is 0.706. The van der Waals surface area contributed by atoms with Crippen LogP contribution in [0.4, 0.5) is 0 Å². The Balaban J connectivity index is 1.85. The quantitative estimate of drug-likeness (QED) is 0.598. The molecule has 1 saturated carbocycles. The second-order valence-electron chi connectivity index (χ2n) is 6.51. The number of nitrogens with one attached hydrogen (secondary N) is 2. The lowest BCUT2D eigenvalue weighted by molar-refractivity contribution is 0.131. The molecule has 0 aliphatic heterocycles. The van der Waals surface area contributed by atoms with Gasteiger partial charge < -0.3 is 15.5 Å². The number of aliphatic imine (C=N–C) groups is 1. The van der Waals surface area contributed by atoms with Crippen LogP contribution in [0.1, 0.15) is 43.5 Å². The lowest BCUT2D eigenvalue weighted by Gasteiger charge is -2.41. The summed E-state index contributed by atoms with van der Waals surface area (Å²) in [5.74, 6) is 0.920. The number of rotatable bonds is 7.